The van der Waals surface area contributed by atoms with Gasteiger partial charge in [-0.25, -0.2) is 26.8 Å². The molecule has 2 aromatic heterocycles. The molecule has 0 aliphatic carbocycles. The van der Waals surface area contributed by atoms with E-state index in [0.717, 1.165) is 54.8 Å². The molecule has 0 bridgehead atoms. The van der Waals surface area contributed by atoms with Gasteiger partial charge < -0.3 is 9.13 Å². The molecule has 3 nitrogen and oxygen atoms in total. The minimum Gasteiger partial charge on any atom is -0.319 e. The first-order valence-corrected chi connectivity index (χ1v) is 15.6. The Morgan fingerprint density at radius 3 is 1.22 bits per heavy atom. The maximum atomic E-state index is 15.8. The van der Waals surface area contributed by atoms with Crippen molar-refractivity contribution in [1.82, 2.24) is 9.13 Å². The second-order valence-corrected chi connectivity index (χ2v) is 12.6. The summed E-state index contributed by atoms with van der Waals surface area (Å²) in [5, 5.41) is 3.47. The monoisotopic (exact) mass is 655 g/mol. The van der Waals surface area contributed by atoms with Gasteiger partial charge in [0, 0.05) is 27.1 Å². The molecule has 0 atom stereocenters. The first-order chi connectivity index (χ1) is 23.5. The maximum Gasteiger partial charge on any atom is 0.234 e. The molecule has 0 amide bonds. The Bertz CT molecular complexity index is 2630. The Labute approximate surface area is 277 Å². The average molecular weight is 656 g/mol. The van der Waals surface area contributed by atoms with E-state index in [-0.39, 0.29) is 16.9 Å². The van der Waals surface area contributed by atoms with E-state index in [1.807, 2.05) is 105 Å². The fraction of sp³-hybridized carbons (Fsp3) is 0.0976. The van der Waals surface area contributed by atoms with E-state index in [0.29, 0.717) is 16.7 Å². The van der Waals surface area contributed by atoms with Crippen molar-refractivity contribution in [2.24, 2.45) is 0 Å². The molecule has 0 spiro atoms. The van der Waals surface area contributed by atoms with Crippen LogP contribution in [0.2, 0.25) is 0 Å². The van der Waals surface area contributed by atoms with Crippen molar-refractivity contribution in [2.45, 2.75) is 27.7 Å². The molecular formula is C41H26F5N3. The van der Waals surface area contributed by atoms with Crippen molar-refractivity contribution in [3.8, 4) is 22.5 Å². The number of hydrogen-bond acceptors (Lipinski definition) is 0. The van der Waals surface area contributed by atoms with Gasteiger partial charge in [0.15, 0.2) is 23.3 Å². The largest absolute Gasteiger partial charge is 0.319 e. The van der Waals surface area contributed by atoms with Crippen LogP contribution < -0.4 is 0 Å². The number of rotatable bonds is 3. The van der Waals surface area contributed by atoms with Crippen molar-refractivity contribution in [3.63, 3.8) is 0 Å². The van der Waals surface area contributed by atoms with Crippen molar-refractivity contribution in [1.29, 1.82) is 0 Å². The molecule has 0 N–H and O–H groups in total. The summed E-state index contributed by atoms with van der Waals surface area (Å²) in [6, 6.07) is 26.4. The topological polar surface area (TPSA) is 14.2 Å². The smallest absolute Gasteiger partial charge is 0.234 e. The third-order valence-electron chi connectivity index (χ3n) is 9.34. The van der Waals surface area contributed by atoms with E-state index in [2.05, 4.69) is 4.85 Å². The molecule has 49 heavy (non-hydrogen) atoms. The Morgan fingerprint density at radius 2 is 0.837 bits per heavy atom. The third-order valence-corrected chi connectivity index (χ3v) is 9.34. The highest BCUT2D eigenvalue weighted by molar-refractivity contribution is 6.13. The molecule has 240 valence electrons. The van der Waals surface area contributed by atoms with E-state index >= 15 is 8.78 Å². The van der Waals surface area contributed by atoms with Crippen LogP contribution in [0, 0.1) is 63.4 Å². The average Bonchev–Trinajstić information content (AvgIpc) is 3.56. The van der Waals surface area contributed by atoms with E-state index in [1.165, 1.54) is 12.1 Å². The van der Waals surface area contributed by atoms with E-state index < -0.39 is 34.6 Å². The number of nitrogens with zero attached hydrogens (tertiary/aromatic N) is 3. The minimum absolute atomic E-state index is 0.00205. The molecule has 8 aromatic rings. The molecule has 0 aliphatic rings. The molecule has 8 rings (SSSR count). The minimum atomic E-state index is -2.25. The van der Waals surface area contributed by atoms with Crippen molar-refractivity contribution in [3.05, 3.63) is 148 Å². The number of halogens is 5. The van der Waals surface area contributed by atoms with Crippen LogP contribution in [0.5, 0.6) is 0 Å². The Morgan fingerprint density at radius 1 is 0.469 bits per heavy atom. The lowest BCUT2D eigenvalue weighted by atomic mass is 9.98. The van der Waals surface area contributed by atoms with Gasteiger partial charge in [-0.3, -0.25) is 0 Å². The van der Waals surface area contributed by atoms with Gasteiger partial charge in [-0.15, -0.1) is 0 Å². The van der Waals surface area contributed by atoms with Crippen molar-refractivity contribution < 1.29 is 22.0 Å². The molecule has 0 radical (unpaired) electrons. The molecule has 6 aromatic carbocycles. The summed E-state index contributed by atoms with van der Waals surface area (Å²) in [6.45, 7) is 16.3. The highest BCUT2D eigenvalue weighted by Crippen LogP contribution is 2.47. The lowest BCUT2D eigenvalue weighted by Crippen LogP contribution is -2.08. The SMILES string of the molecule is [C-]#[N+]c1c(-n2c3cc(C)ccc3c3ccc(C)cc32)ccc(-c2c(F)c(F)c(F)c(F)c2F)c1-n1c2cc(C)ccc2c2ccc(C)cc21. The van der Waals surface area contributed by atoms with Crippen LogP contribution in [-0.2, 0) is 0 Å². The summed E-state index contributed by atoms with van der Waals surface area (Å²) in [5.74, 6) is -10.3. The highest BCUT2D eigenvalue weighted by Gasteiger charge is 2.31. The van der Waals surface area contributed by atoms with Gasteiger partial charge in [-0.1, -0.05) is 54.6 Å². The van der Waals surface area contributed by atoms with Crippen LogP contribution in [0.15, 0.2) is 84.9 Å². The van der Waals surface area contributed by atoms with Crippen LogP contribution in [0.1, 0.15) is 22.3 Å². The number of benzene rings is 6. The van der Waals surface area contributed by atoms with Gasteiger partial charge in [0.05, 0.1) is 45.6 Å². The molecular weight excluding hydrogens is 629 g/mol. The molecule has 0 aliphatic heterocycles. The van der Waals surface area contributed by atoms with Crippen LogP contribution in [-0.4, -0.2) is 9.13 Å². The zero-order valence-electron chi connectivity index (χ0n) is 26.8. The summed E-state index contributed by atoms with van der Waals surface area (Å²) in [5.41, 5.74) is 5.49. The van der Waals surface area contributed by atoms with Crippen molar-refractivity contribution in [2.75, 3.05) is 0 Å². The Balaban J connectivity index is 1.63. The quantitative estimate of drug-likeness (QED) is 0.0778. The summed E-state index contributed by atoms with van der Waals surface area (Å²) < 4.78 is 79.3. The summed E-state index contributed by atoms with van der Waals surface area (Å²) in [4.78, 5) is 4.01. The van der Waals surface area contributed by atoms with Gasteiger partial charge in [-0.2, -0.15) is 0 Å². The molecule has 0 fully saturated rings. The number of hydrogen-bond donors (Lipinski definition) is 0. The van der Waals surface area contributed by atoms with Gasteiger partial charge in [0.1, 0.15) is 0 Å². The maximum absolute atomic E-state index is 15.8. The predicted molar refractivity (Wildman–Crippen MR) is 186 cm³/mol. The molecule has 0 unspecified atom stereocenters. The van der Waals surface area contributed by atoms with Gasteiger partial charge >= 0.3 is 0 Å². The van der Waals surface area contributed by atoms with Crippen molar-refractivity contribution >= 4 is 49.3 Å². The van der Waals surface area contributed by atoms with E-state index in [4.69, 9.17) is 6.57 Å². The molecule has 0 saturated heterocycles. The fourth-order valence-electron chi connectivity index (χ4n) is 7.11. The lowest BCUT2D eigenvalue weighted by Gasteiger charge is -2.21. The summed E-state index contributed by atoms with van der Waals surface area (Å²) >= 11 is 0. The Kier molecular flexibility index (Phi) is 6.69. The molecule has 0 saturated carbocycles. The standard InChI is InChI=1S/C41H26F5N3/c1-20-6-10-24-25-11-7-21(2)17-31(25)48(30(24)16-20)29-15-14-28(34-35(42)37(44)39(46)38(45)36(34)43)41(40(29)47-5)49-32-18-22(3)8-12-26(32)27-13-9-23(4)19-33(27)49/h6-19H,1-4H3. The van der Waals surface area contributed by atoms with Crippen LogP contribution in [0.4, 0.5) is 27.6 Å². The van der Waals surface area contributed by atoms with E-state index in [1.54, 1.807) is 4.57 Å². The second kappa shape index (κ2) is 10.8. The summed E-state index contributed by atoms with van der Waals surface area (Å²) in [6.07, 6.45) is 0. The first kappa shape index (κ1) is 30.4. The second-order valence-electron chi connectivity index (χ2n) is 12.6. The zero-order chi connectivity index (χ0) is 34.5. The zero-order valence-corrected chi connectivity index (χ0v) is 26.8. The van der Waals surface area contributed by atoms with Crippen LogP contribution >= 0.6 is 0 Å². The van der Waals surface area contributed by atoms with Gasteiger partial charge in [-0.05, 0) is 80.3 Å². The third kappa shape index (κ3) is 4.32. The van der Waals surface area contributed by atoms with Crippen LogP contribution in [0.25, 0.3) is 71.0 Å². The first-order valence-electron chi connectivity index (χ1n) is 15.6. The van der Waals surface area contributed by atoms with Crippen LogP contribution in [0.3, 0.4) is 0 Å². The van der Waals surface area contributed by atoms with Gasteiger partial charge in [0.25, 0.3) is 0 Å². The normalized spacial score (nSPS) is 11.8. The highest BCUT2D eigenvalue weighted by atomic mass is 19.2. The molecule has 8 heteroatoms. The fourth-order valence-corrected chi connectivity index (χ4v) is 7.11. The van der Waals surface area contributed by atoms with Gasteiger partial charge in [0.2, 0.25) is 11.5 Å². The molecule has 2 heterocycles. The summed E-state index contributed by atoms with van der Waals surface area (Å²) in [7, 11) is 0. The number of aryl methyl sites for hydroxylation is 4. The number of fused-ring (bicyclic) bond motifs is 6. The lowest BCUT2D eigenvalue weighted by molar-refractivity contribution is 0.381. The van der Waals surface area contributed by atoms with E-state index in [9.17, 15) is 13.2 Å². The predicted octanol–water partition coefficient (Wildman–Crippen LogP) is 12.0. The Hall–Kier alpha value is -5.94. The number of aromatic nitrogens is 2.